The number of nitrogen functional groups attached to an aromatic ring is 1. The van der Waals surface area contributed by atoms with Crippen LogP contribution < -0.4 is 11.1 Å². The number of aryl methyl sites for hydroxylation is 1. The first-order chi connectivity index (χ1) is 8.10. The first kappa shape index (κ1) is 13.5. The van der Waals surface area contributed by atoms with Crippen LogP contribution in [0.2, 0.25) is 0 Å². The van der Waals surface area contributed by atoms with Crippen LogP contribution in [0.4, 0.5) is 5.69 Å². The molecule has 17 heavy (non-hydrogen) atoms. The van der Waals surface area contributed by atoms with Crippen LogP contribution in [0.15, 0.2) is 6.20 Å². The quantitative estimate of drug-likeness (QED) is 0.760. The fourth-order valence-electron chi connectivity index (χ4n) is 1.73. The zero-order chi connectivity index (χ0) is 12.8. The second-order valence-corrected chi connectivity index (χ2v) is 3.99. The highest BCUT2D eigenvalue weighted by Gasteiger charge is 2.18. The molecule has 6 heteroatoms. The zero-order valence-corrected chi connectivity index (χ0v) is 10.6. The average Bonchev–Trinajstić information content (AvgIpc) is 2.59. The third-order valence-electron chi connectivity index (χ3n) is 2.52. The van der Waals surface area contributed by atoms with Gasteiger partial charge in [-0.2, -0.15) is 5.10 Å². The number of hydrogen-bond acceptors (Lipinski definition) is 4. The number of carbonyl (C=O) groups excluding carboxylic acids is 1. The van der Waals surface area contributed by atoms with Gasteiger partial charge in [-0.05, 0) is 6.42 Å². The van der Waals surface area contributed by atoms with Crippen LogP contribution in [0.3, 0.4) is 0 Å². The Morgan fingerprint density at radius 1 is 1.71 bits per heavy atom. The third-order valence-corrected chi connectivity index (χ3v) is 2.52. The Hall–Kier alpha value is -1.56. The molecule has 0 saturated heterocycles. The molecule has 0 fully saturated rings. The number of aromatic nitrogens is 2. The predicted octanol–water partition coefficient (Wildman–Crippen LogP) is 0.547. The van der Waals surface area contributed by atoms with Gasteiger partial charge in [0.25, 0.3) is 5.91 Å². The highest BCUT2D eigenvalue weighted by molar-refractivity contribution is 5.97. The molecule has 1 amide bonds. The molecule has 0 aliphatic carbocycles. The van der Waals surface area contributed by atoms with Crippen LogP contribution in [0.1, 0.15) is 30.3 Å². The molecule has 1 aromatic heterocycles. The molecule has 0 radical (unpaired) electrons. The Kier molecular flexibility index (Phi) is 4.96. The lowest BCUT2D eigenvalue weighted by molar-refractivity contribution is 0.0883. The van der Waals surface area contributed by atoms with Gasteiger partial charge in [-0.15, -0.1) is 0 Å². The Morgan fingerprint density at radius 3 is 2.88 bits per heavy atom. The second-order valence-electron chi connectivity index (χ2n) is 3.99. The first-order valence-electron chi connectivity index (χ1n) is 5.67. The molecule has 1 unspecified atom stereocenters. The molecule has 0 aliphatic rings. The molecule has 0 saturated carbocycles. The van der Waals surface area contributed by atoms with E-state index in [1.54, 1.807) is 14.2 Å². The normalized spacial score (nSPS) is 12.4. The van der Waals surface area contributed by atoms with E-state index >= 15 is 0 Å². The van der Waals surface area contributed by atoms with E-state index in [1.807, 2.05) is 0 Å². The molecule has 0 spiro atoms. The molecule has 3 N–H and O–H groups in total. The summed E-state index contributed by atoms with van der Waals surface area (Å²) in [7, 11) is 3.31. The number of carbonyl (C=O) groups is 1. The van der Waals surface area contributed by atoms with Gasteiger partial charge in [-0.3, -0.25) is 9.48 Å². The summed E-state index contributed by atoms with van der Waals surface area (Å²) < 4.78 is 6.54. The molecule has 0 aromatic carbocycles. The topological polar surface area (TPSA) is 82.2 Å². The molecule has 1 heterocycles. The number of amides is 1. The highest BCUT2D eigenvalue weighted by atomic mass is 16.5. The van der Waals surface area contributed by atoms with Gasteiger partial charge in [0.05, 0.1) is 24.5 Å². The highest BCUT2D eigenvalue weighted by Crippen LogP contribution is 2.09. The van der Waals surface area contributed by atoms with Gasteiger partial charge >= 0.3 is 0 Å². The van der Waals surface area contributed by atoms with Crippen molar-refractivity contribution in [1.29, 1.82) is 0 Å². The predicted molar refractivity (Wildman–Crippen MR) is 65.7 cm³/mol. The molecule has 6 nitrogen and oxygen atoms in total. The summed E-state index contributed by atoms with van der Waals surface area (Å²) in [5, 5.41) is 6.83. The molecule has 1 aromatic rings. The maximum Gasteiger partial charge on any atom is 0.271 e. The second kappa shape index (κ2) is 6.24. The molecule has 96 valence electrons. The minimum atomic E-state index is -0.210. The van der Waals surface area contributed by atoms with Gasteiger partial charge < -0.3 is 15.8 Å². The van der Waals surface area contributed by atoms with Crippen molar-refractivity contribution in [2.75, 3.05) is 19.5 Å². The van der Waals surface area contributed by atoms with E-state index in [0.717, 1.165) is 12.8 Å². The van der Waals surface area contributed by atoms with Crippen molar-refractivity contribution in [2.45, 2.75) is 25.8 Å². The molecular formula is C11H20N4O2. The van der Waals surface area contributed by atoms with Crippen LogP contribution in [0.25, 0.3) is 0 Å². The van der Waals surface area contributed by atoms with E-state index in [1.165, 1.54) is 10.9 Å². The maximum atomic E-state index is 12.0. The minimum Gasteiger partial charge on any atom is -0.396 e. The Labute approximate surface area is 101 Å². The summed E-state index contributed by atoms with van der Waals surface area (Å²) in [6, 6.07) is 0.00630. The Balaban J connectivity index is 2.70. The summed E-state index contributed by atoms with van der Waals surface area (Å²) in [6.45, 7) is 2.56. The summed E-state index contributed by atoms with van der Waals surface area (Å²) in [5.41, 5.74) is 6.47. The van der Waals surface area contributed by atoms with Crippen LogP contribution in [-0.2, 0) is 11.8 Å². The van der Waals surface area contributed by atoms with E-state index in [9.17, 15) is 4.79 Å². The SMILES string of the molecule is CCCC(COC)NC(=O)c1c(N)cnn1C. The van der Waals surface area contributed by atoms with Gasteiger partial charge in [0.15, 0.2) is 0 Å². The molecule has 1 rings (SSSR count). The lowest BCUT2D eigenvalue weighted by Crippen LogP contribution is -2.39. The first-order valence-corrected chi connectivity index (χ1v) is 5.67. The number of ether oxygens (including phenoxy) is 1. The van der Waals surface area contributed by atoms with Gasteiger partial charge in [0.2, 0.25) is 0 Å². The summed E-state index contributed by atoms with van der Waals surface area (Å²) in [6.07, 6.45) is 3.33. The molecule has 1 atom stereocenters. The zero-order valence-electron chi connectivity index (χ0n) is 10.6. The largest absolute Gasteiger partial charge is 0.396 e. The Morgan fingerprint density at radius 2 is 2.41 bits per heavy atom. The van der Waals surface area contributed by atoms with Crippen molar-refractivity contribution in [3.8, 4) is 0 Å². The minimum absolute atomic E-state index is 0.00630. The number of nitrogens with zero attached hydrogens (tertiary/aromatic N) is 2. The standard InChI is InChI=1S/C11H20N4O2/c1-4-5-8(7-17-3)14-11(16)10-9(12)6-13-15(10)2/h6,8H,4-5,7,12H2,1-3H3,(H,14,16). The van der Waals surface area contributed by atoms with E-state index < -0.39 is 0 Å². The number of nitrogens with two attached hydrogens (primary N) is 1. The van der Waals surface area contributed by atoms with E-state index in [4.69, 9.17) is 10.5 Å². The summed E-state index contributed by atoms with van der Waals surface area (Å²) >= 11 is 0. The van der Waals surface area contributed by atoms with Crippen LogP contribution >= 0.6 is 0 Å². The monoisotopic (exact) mass is 240 g/mol. The summed E-state index contributed by atoms with van der Waals surface area (Å²) in [5.74, 6) is -0.210. The number of hydrogen-bond donors (Lipinski definition) is 2. The number of methoxy groups -OCH3 is 1. The Bertz CT molecular complexity index is 350. The van der Waals surface area contributed by atoms with Crippen LogP contribution in [0, 0.1) is 0 Å². The number of nitrogens with one attached hydrogen (secondary N) is 1. The molecular weight excluding hydrogens is 220 g/mol. The lowest BCUT2D eigenvalue weighted by atomic mass is 10.1. The van der Waals surface area contributed by atoms with Crippen LogP contribution in [0.5, 0.6) is 0 Å². The van der Waals surface area contributed by atoms with E-state index in [0.29, 0.717) is 18.0 Å². The van der Waals surface area contributed by atoms with Crippen molar-refractivity contribution < 1.29 is 9.53 Å². The average molecular weight is 240 g/mol. The van der Waals surface area contributed by atoms with Gasteiger partial charge in [0.1, 0.15) is 5.69 Å². The van der Waals surface area contributed by atoms with Crippen molar-refractivity contribution >= 4 is 11.6 Å². The van der Waals surface area contributed by atoms with Gasteiger partial charge in [-0.25, -0.2) is 0 Å². The fourth-order valence-corrected chi connectivity index (χ4v) is 1.73. The van der Waals surface area contributed by atoms with E-state index in [2.05, 4.69) is 17.3 Å². The maximum absolute atomic E-state index is 12.0. The van der Waals surface area contributed by atoms with Crippen molar-refractivity contribution in [3.05, 3.63) is 11.9 Å². The summed E-state index contributed by atoms with van der Waals surface area (Å²) in [4.78, 5) is 12.0. The van der Waals surface area contributed by atoms with Crippen molar-refractivity contribution in [1.82, 2.24) is 15.1 Å². The van der Waals surface area contributed by atoms with Crippen molar-refractivity contribution in [3.63, 3.8) is 0 Å². The number of anilines is 1. The number of rotatable bonds is 6. The molecule has 0 aliphatic heterocycles. The van der Waals surface area contributed by atoms with E-state index in [-0.39, 0.29) is 11.9 Å². The fraction of sp³-hybridized carbons (Fsp3) is 0.636. The molecule has 0 bridgehead atoms. The van der Waals surface area contributed by atoms with Gasteiger partial charge in [0, 0.05) is 14.2 Å². The van der Waals surface area contributed by atoms with Crippen LogP contribution in [-0.4, -0.2) is 35.4 Å². The smallest absolute Gasteiger partial charge is 0.271 e. The third kappa shape index (κ3) is 3.45. The van der Waals surface area contributed by atoms with Gasteiger partial charge in [-0.1, -0.05) is 13.3 Å². The van der Waals surface area contributed by atoms with Crippen molar-refractivity contribution in [2.24, 2.45) is 7.05 Å². The lowest BCUT2D eigenvalue weighted by Gasteiger charge is -2.17.